The van der Waals surface area contributed by atoms with Crippen molar-refractivity contribution in [1.82, 2.24) is 4.90 Å². The second kappa shape index (κ2) is 3.65. The van der Waals surface area contributed by atoms with Crippen LogP contribution >= 0.6 is 11.8 Å². The predicted molar refractivity (Wildman–Crippen MR) is 45.8 cm³/mol. The highest BCUT2D eigenvalue weighted by Crippen LogP contribution is 2.19. The summed E-state index contributed by atoms with van der Waals surface area (Å²) in [4.78, 5) is 12.7. The highest BCUT2D eigenvalue weighted by molar-refractivity contribution is 7.99. The van der Waals surface area contributed by atoms with Crippen LogP contribution in [0.1, 0.15) is 0 Å². The molecule has 1 aliphatic heterocycles. The van der Waals surface area contributed by atoms with E-state index in [1.807, 2.05) is 4.90 Å². The van der Waals surface area contributed by atoms with Gasteiger partial charge in [-0.15, -0.1) is 18.2 Å². The van der Waals surface area contributed by atoms with Gasteiger partial charge >= 0.3 is 0 Å². The maximum atomic E-state index is 10.8. The predicted octanol–water partition coefficient (Wildman–Crippen LogP) is -0.520. The van der Waals surface area contributed by atoms with Crippen LogP contribution in [0.25, 0.3) is 0 Å². The zero-order chi connectivity index (χ0) is 8.27. The van der Waals surface area contributed by atoms with Gasteiger partial charge in [-0.3, -0.25) is 9.69 Å². The summed E-state index contributed by atoms with van der Waals surface area (Å²) in [7, 11) is 0. The molecule has 0 aliphatic carbocycles. The molecule has 1 heterocycles. The fraction of sp³-hybridized carbons (Fsp3) is 0.571. The molecule has 0 aromatic carbocycles. The van der Waals surface area contributed by atoms with Crippen LogP contribution in [0.15, 0.2) is 0 Å². The minimum atomic E-state index is -0.273. The Kier molecular flexibility index (Phi) is 2.80. The second-order valence-electron chi connectivity index (χ2n) is 2.37. The van der Waals surface area contributed by atoms with Gasteiger partial charge in [0, 0.05) is 11.6 Å². The molecule has 0 saturated carbocycles. The Labute approximate surface area is 70.3 Å². The number of nitrogens with zero attached hydrogens (tertiary/aromatic N) is 1. The van der Waals surface area contributed by atoms with Crippen LogP contribution in [-0.2, 0) is 4.79 Å². The lowest BCUT2D eigenvalue weighted by atomic mass is 10.3. The monoisotopic (exact) mass is 170 g/mol. The molecular weight excluding hydrogens is 160 g/mol. The van der Waals surface area contributed by atoms with Crippen LogP contribution in [0.4, 0.5) is 0 Å². The third kappa shape index (κ3) is 1.88. The number of carbonyl (C=O) groups excluding carboxylic acids is 1. The first-order valence-corrected chi connectivity index (χ1v) is 4.45. The van der Waals surface area contributed by atoms with Crippen LogP contribution in [-0.4, -0.2) is 35.0 Å². The lowest BCUT2D eigenvalue weighted by Gasteiger charge is -2.16. The maximum Gasteiger partial charge on any atom is 0.235 e. The van der Waals surface area contributed by atoms with Crippen LogP contribution in [0.3, 0.4) is 0 Å². The van der Waals surface area contributed by atoms with Crippen molar-refractivity contribution in [3.63, 3.8) is 0 Å². The quantitative estimate of drug-likeness (QED) is 0.567. The molecule has 1 amide bonds. The first-order chi connectivity index (χ1) is 5.25. The number of carbonyl (C=O) groups is 1. The fourth-order valence-electron chi connectivity index (χ4n) is 1.01. The normalized spacial score (nSPS) is 24.8. The van der Waals surface area contributed by atoms with Crippen LogP contribution in [0.2, 0.25) is 0 Å². The van der Waals surface area contributed by atoms with Crippen LogP contribution < -0.4 is 5.73 Å². The Bertz CT molecular complexity index is 199. The van der Waals surface area contributed by atoms with Crippen LogP contribution in [0.5, 0.6) is 0 Å². The Balaban J connectivity index is 2.52. The lowest BCUT2D eigenvalue weighted by Crippen LogP contribution is -2.41. The largest absolute Gasteiger partial charge is 0.368 e. The molecule has 1 rings (SSSR count). The van der Waals surface area contributed by atoms with Gasteiger partial charge in [-0.25, -0.2) is 0 Å². The molecule has 0 aromatic rings. The van der Waals surface area contributed by atoms with E-state index in [-0.39, 0.29) is 11.9 Å². The minimum Gasteiger partial charge on any atom is -0.368 e. The van der Waals surface area contributed by atoms with Gasteiger partial charge in [0.1, 0.15) is 0 Å². The number of amides is 1. The van der Waals surface area contributed by atoms with Crippen molar-refractivity contribution in [3.8, 4) is 12.3 Å². The summed E-state index contributed by atoms with van der Waals surface area (Å²) < 4.78 is 0. The fourth-order valence-corrected chi connectivity index (χ4v) is 2.22. The summed E-state index contributed by atoms with van der Waals surface area (Å²) in [5.74, 6) is 3.82. The number of thioether (sulfide) groups is 1. The molecule has 1 fully saturated rings. The standard InChI is InChI=1S/C7H10N2OS/c1-2-3-9-5-11-4-6(9)7(8)10/h1,6H,3-5H2,(H2,8,10). The van der Waals surface area contributed by atoms with Gasteiger partial charge in [0.15, 0.2) is 0 Å². The summed E-state index contributed by atoms with van der Waals surface area (Å²) in [5, 5.41) is 0. The maximum absolute atomic E-state index is 10.8. The third-order valence-corrected chi connectivity index (χ3v) is 2.66. The SMILES string of the molecule is C#CCN1CSCC1C(N)=O. The molecule has 1 unspecified atom stereocenters. The summed E-state index contributed by atoms with van der Waals surface area (Å²) in [5.41, 5.74) is 5.16. The lowest BCUT2D eigenvalue weighted by molar-refractivity contribution is -0.121. The number of primary amides is 1. The van der Waals surface area contributed by atoms with Gasteiger partial charge in [-0.2, -0.15) is 0 Å². The van der Waals surface area contributed by atoms with Crippen molar-refractivity contribution in [3.05, 3.63) is 0 Å². The number of nitrogens with two attached hydrogens (primary N) is 1. The van der Waals surface area contributed by atoms with E-state index < -0.39 is 0 Å². The number of terminal acetylenes is 1. The molecule has 0 radical (unpaired) electrons. The van der Waals surface area contributed by atoms with Crippen molar-refractivity contribution in [2.75, 3.05) is 18.2 Å². The molecule has 1 saturated heterocycles. The smallest absolute Gasteiger partial charge is 0.235 e. The summed E-state index contributed by atoms with van der Waals surface area (Å²) in [6, 6.07) is -0.156. The molecule has 2 N–H and O–H groups in total. The van der Waals surface area contributed by atoms with Gasteiger partial charge in [0.25, 0.3) is 0 Å². The average molecular weight is 170 g/mol. The van der Waals surface area contributed by atoms with E-state index in [0.29, 0.717) is 6.54 Å². The second-order valence-corrected chi connectivity index (χ2v) is 3.37. The van der Waals surface area contributed by atoms with Crippen molar-refractivity contribution in [1.29, 1.82) is 0 Å². The van der Waals surface area contributed by atoms with Gasteiger partial charge in [-0.1, -0.05) is 5.92 Å². The summed E-state index contributed by atoms with van der Waals surface area (Å²) in [6.07, 6.45) is 5.12. The zero-order valence-electron chi connectivity index (χ0n) is 6.12. The van der Waals surface area contributed by atoms with Crippen molar-refractivity contribution in [2.24, 2.45) is 5.73 Å². The highest BCUT2D eigenvalue weighted by Gasteiger charge is 2.28. The summed E-state index contributed by atoms with van der Waals surface area (Å²) in [6.45, 7) is 0.514. The number of hydrogen-bond acceptors (Lipinski definition) is 3. The van der Waals surface area contributed by atoms with Gasteiger partial charge in [0.2, 0.25) is 5.91 Å². The topological polar surface area (TPSA) is 46.3 Å². The minimum absolute atomic E-state index is 0.156. The molecule has 0 aromatic heterocycles. The summed E-state index contributed by atoms with van der Waals surface area (Å²) >= 11 is 1.69. The molecule has 11 heavy (non-hydrogen) atoms. The molecule has 60 valence electrons. The van der Waals surface area contributed by atoms with Crippen molar-refractivity contribution >= 4 is 17.7 Å². The van der Waals surface area contributed by atoms with Gasteiger partial charge in [0.05, 0.1) is 12.6 Å². The first-order valence-electron chi connectivity index (χ1n) is 3.30. The van der Waals surface area contributed by atoms with E-state index >= 15 is 0 Å². The van der Waals surface area contributed by atoms with Gasteiger partial charge in [-0.05, 0) is 0 Å². The van der Waals surface area contributed by atoms with E-state index in [1.165, 1.54) is 0 Å². The van der Waals surface area contributed by atoms with E-state index in [0.717, 1.165) is 11.6 Å². The van der Waals surface area contributed by atoms with E-state index in [2.05, 4.69) is 5.92 Å². The molecule has 3 nitrogen and oxygen atoms in total. The Morgan fingerprint density at radius 2 is 2.64 bits per heavy atom. The Morgan fingerprint density at radius 1 is 1.91 bits per heavy atom. The Hall–Kier alpha value is -0.660. The highest BCUT2D eigenvalue weighted by atomic mass is 32.2. The molecule has 0 spiro atoms. The van der Waals surface area contributed by atoms with Crippen molar-refractivity contribution in [2.45, 2.75) is 6.04 Å². The molecule has 0 bridgehead atoms. The van der Waals surface area contributed by atoms with E-state index in [9.17, 15) is 4.79 Å². The zero-order valence-corrected chi connectivity index (χ0v) is 6.93. The average Bonchev–Trinajstić information content (AvgIpc) is 2.36. The number of rotatable bonds is 2. The Morgan fingerprint density at radius 3 is 3.18 bits per heavy atom. The van der Waals surface area contributed by atoms with E-state index in [4.69, 9.17) is 12.2 Å². The molecular formula is C7H10N2OS. The molecule has 1 aliphatic rings. The first kappa shape index (κ1) is 8.44. The molecule has 1 atom stereocenters. The third-order valence-electron chi connectivity index (χ3n) is 1.60. The van der Waals surface area contributed by atoms with Crippen LogP contribution in [0, 0.1) is 12.3 Å². The van der Waals surface area contributed by atoms with Gasteiger partial charge < -0.3 is 5.73 Å². The number of hydrogen-bond donors (Lipinski definition) is 1. The molecule has 4 heteroatoms. The van der Waals surface area contributed by atoms with E-state index in [1.54, 1.807) is 11.8 Å². The van der Waals surface area contributed by atoms with Crippen molar-refractivity contribution < 1.29 is 4.79 Å².